The lowest BCUT2D eigenvalue weighted by Crippen LogP contribution is -2.07. The van der Waals surface area contributed by atoms with Gasteiger partial charge in [-0.2, -0.15) is 0 Å². The summed E-state index contributed by atoms with van der Waals surface area (Å²) >= 11 is 10.5. The van der Waals surface area contributed by atoms with E-state index >= 15 is 0 Å². The summed E-state index contributed by atoms with van der Waals surface area (Å²) in [6, 6.07) is 5.28. The third kappa shape index (κ3) is 2.48. The van der Waals surface area contributed by atoms with Crippen LogP contribution in [0.15, 0.2) is 28.9 Å². The predicted molar refractivity (Wildman–Crippen MR) is 67.5 cm³/mol. The zero-order chi connectivity index (χ0) is 11.7. The van der Waals surface area contributed by atoms with E-state index in [0.717, 1.165) is 9.35 Å². The van der Waals surface area contributed by atoms with Crippen LogP contribution >= 0.6 is 38.9 Å². The molecule has 0 radical (unpaired) electrons. The molecule has 2 rings (SSSR count). The zero-order valence-electron chi connectivity index (χ0n) is 7.98. The summed E-state index contributed by atoms with van der Waals surface area (Å²) in [7, 11) is 0. The molecule has 84 valence electrons. The summed E-state index contributed by atoms with van der Waals surface area (Å²) in [6.07, 6.45) is 1.75. The summed E-state index contributed by atoms with van der Waals surface area (Å²) in [6.45, 7) is 0.518. The second kappa shape index (κ2) is 4.61. The van der Waals surface area contributed by atoms with Crippen molar-refractivity contribution in [1.29, 1.82) is 0 Å². The fourth-order valence-corrected chi connectivity index (χ4v) is 2.94. The van der Waals surface area contributed by atoms with Gasteiger partial charge in [-0.3, -0.25) is 0 Å². The minimum absolute atomic E-state index is 0.261. The number of carbonyl (C=O) groups is 1. The molecule has 0 aliphatic heterocycles. The van der Waals surface area contributed by atoms with Gasteiger partial charge in [0.15, 0.2) is 0 Å². The molecular weight excluding hydrogens is 314 g/mol. The molecule has 2 aromatic rings. The van der Waals surface area contributed by atoms with Crippen molar-refractivity contribution in [3.05, 3.63) is 43.8 Å². The molecule has 6 heteroatoms. The maximum Gasteiger partial charge on any atom is 0.352 e. The van der Waals surface area contributed by atoms with Crippen molar-refractivity contribution in [3.63, 3.8) is 0 Å². The summed E-state index contributed by atoms with van der Waals surface area (Å²) in [5.41, 5.74) is 0.261. The Morgan fingerprint density at radius 1 is 1.56 bits per heavy atom. The fourth-order valence-electron chi connectivity index (χ4n) is 1.39. The molecular formula is C10H7BrClNO2S. The van der Waals surface area contributed by atoms with Crippen LogP contribution in [-0.2, 0) is 6.54 Å². The first kappa shape index (κ1) is 11.7. The van der Waals surface area contributed by atoms with E-state index in [2.05, 4.69) is 15.9 Å². The first-order chi connectivity index (χ1) is 7.56. The van der Waals surface area contributed by atoms with Crippen LogP contribution < -0.4 is 0 Å². The Morgan fingerprint density at radius 2 is 2.31 bits per heavy atom. The lowest BCUT2D eigenvalue weighted by Gasteiger charge is -2.03. The van der Waals surface area contributed by atoms with Crippen molar-refractivity contribution in [2.45, 2.75) is 6.54 Å². The van der Waals surface area contributed by atoms with E-state index in [1.165, 1.54) is 11.3 Å². The number of aromatic carboxylic acids is 1. The fraction of sp³-hybridized carbons (Fsp3) is 0.100. The number of nitrogens with zero attached hydrogens (tertiary/aromatic N) is 1. The number of carboxylic acid groups (broad SMARTS) is 1. The molecule has 0 aliphatic carbocycles. The Morgan fingerprint density at radius 3 is 2.88 bits per heavy atom. The van der Waals surface area contributed by atoms with Crippen LogP contribution in [0.3, 0.4) is 0 Å². The molecule has 0 saturated heterocycles. The molecule has 0 aromatic carbocycles. The van der Waals surface area contributed by atoms with Gasteiger partial charge in [0, 0.05) is 15.5 Å². The third-order valence-electron chi connectivity index (χ3n) is 2.04. The second-order valence-corrected chi connectivity index (χ2v) is 5.90. The average molecular weight is 321 g/mol. The Hall–Kier alpha value is -0.780. The number of aromatic nitrogens is 1. The molecule has 0 saturated carbocycles. The first-order valence-corrected chi connectivity index (χ1v) is 6.38. The van der Waals surface area contributed by atoms with Crippen molar-refractivity contribution in [1.82, 2.24) is 4.57 Å². The summed E-state index contributed by atoms with van der Waals surface area (Å²) in [4.78, 5) is 12.0. The Bertz CT molecular complexity index is 535. The van der Waals surface area contributed by atoms with Gasteiger partial charge in [-0.05, 0) is 34.1 Å². The van der Waals surface area contributed by atoms with Crippen molar-refractivity contribution < 1.29 is 9.90 Å². The van der Waals surface area contributed by atoms with Crippen molar-refractivity contribution in [2.75, 3.05) is 0 Å². The van der Waals surface area contributed by atoms with Crippen molar-refractivity contribution in [3.8, 4) is 0 Å². The van der Waals surface area contributed by atoms with Crippen LogP contribution in [-0.4, -0.2) is 15.6 Å². The summed E-state index contributed by atoms with van der Waals surface area (Å²) in [5, 5.41) is 9.00. The third-order valence-corrected chi connectivity index (χ3v) is 3.69. The second-order valence-electron chi connectivity index (χ2n) is 3.18. The summed E-state index contributed by atoms with van der Waals surface area (Å²) in [5.74, 6) is -0.937. The van der Waals surface area contributed by atoms with Gasteiger partial charge < -0.3 is 9.67 Å². The quantitative estimate of drug-likeness (QED) is 0.936. The molecule has 0 amide bonds. The minimum atomic E-state index is -0.937. The molecule has 1 N–H and O–H groups in total. The highest BCUT2D eigenvalue weighted by Gasteiger charge is 2.12. The van der Waals surface area contributed by atoms with E-state index in [0.29, 0.717) is 10.9 Å². The molecule has 0 aliphatic rings. The topological polar surface area (TPSA) is 42.2 Å². The number of halogens is 2. The van der Waals surface area contributed by atoms with E-state index < -0.39 is 5.97 Å². The predicted octanol–water partition coefficient (Wildman–Crippen LogP) is 3.71. The molecule has 0 atom stereocenters. The van der Waals surface area contributed by atoms with Crippen LogP contribution in [0.2, 0.25) is 4.34 Å². The highest BCUT2D eigenvalue weighted by molar-refractivity contribution is 9.10. The maximum atomic E-state index is 11.0. The van der Waals surface area contributed by atoms with E-state index in [9.17, 15) is 4.79 Å². The highest BCUT2D eigenvalue weighted by atomic mass is 79.9. The summed E-state index contributed by atoms with van der Waals surface area (Å²) < 4.78 is 3.14. The minimum Gasteiger partial charge on any atom is -0.477 e. The SMILES string of the molecule is O=C(O)c1cc(Br)cn1Cc1ccc(Cl)s1. The molecule has 3 nitrogen and oxygen atoms in total. The van der Waals surface area contributed by atoms with E-state index in [1.54, 1.807) is 22.9 Å². The molecule has 0 unspecified atom stereocenters. The zero-order valence-corrected chi connectivity index (χ0v) is 11.1. The lowest BCUT2D eigenvalue weighted by atomic mass is 10.4. The van der Waals surface area contributed by atoms with Crippen molar-refractivity contribution in [2.24, 2.45) is 0 Å². The molecule has 0 spiro atoms. The van der Waals surface area contributed by atoms with E-state index in [1.807, 2.05) is 6.07 Å². The van der Waals surface area contributed by atoms with Gasteiger partial charge >= 0.3 is 5.97 Å². The first-order valence-electron chi connectivity index (χ1n) is 4.39. The number of hydrogen-bond donors (Lipinski definition) is 1. The maximum absolute atomic E-state index is 11.0. The average Bonchev–Trinajstić information content (AvgIpc) is 2.74. The Kier molecular flexibility index (Phi) is 3.37. The van der Waals surface area contributed by atoms with E-state index in [-0.39, 0.29) is 5.69 Å². The smallest absolute Gasteiger partial charge is 0.352 e. The van der Waals surface area contributed by atoms with Gasteiger partial charge in [0.2, 0.25) is 0 Å². The monoisotopic (exact) mass is 319 g/mol. The number of hydrogen-bond acceptors (Lipinski definition) is 2. The van der Waals surface area contributed by atoms with Crippen LogP contribution in [0.25, 0.3) is 0 Å². The Labute approximate surface area is 109 Å². The van der Waals surface area contributed by atoms with E-state index in [4.69, 9.17) is 16.7 Å². The van der Waals surface area contributed by atoms with Crippen LogP contribution in [0, 0.1) is 0 Å². The van der Waals surface area contributed by atoms with Crippen LogP contribution in [0.5, 0.6) is 0 Å². The highest BCUT2D eigenvalue weighted by Crippen LogP contribution is 2.24. The molecule has 0 fully saturated rings. The molecule has 0 bridgehead atoms. The Balaban J connectivity index is 2.30. The molecule has 16 heavy (non-hydrogen) atoms. The molecule has 2 heterocycles. The van der Waals surface area contributed by atoms with Crippen LogP contribution in [0.4, 0.5) is 0 Å². The van der Waals surface area contributed by atoms with Gasteiger partial charge in [-0.25, -0.2) is 4.79 Å². The number of carboxylic acids is 1. The normalized spacial score (nSPS) is 10.6. The van der Waals surface area contributed by atoms with Gasteiger partial charge in [0.25, 0.3) is 0 Å². The largest absolute Gasteiger partial charge is 0.477 e. The van der Waals surface area contributed by atoms with Gasteiger partial charge in [-0.15, -0.1) is 11.3 Å². The van der Waals surface area contributed by atoms with Gasteiger partial charge in [0.05, 0.1) is 10.9 Å². The van der Waals surface area contributed by atoms with Crippen LogP contribution in [0.1, 0.15) is 15.4 Å². The molecule has 2 aromatic heterocycles. The van der Waals surface area contributed by atoms with Crippen molar-refractivity contribution >= 4 is 44.8 Å². The van der Waals surface area contributed by atoms with Gasteiger partial charge in [0.1, 0.15) is 5.69 Å². The standard InChI is InChI=1S/C10H7BrClNO2S/c11-6-3-8(10(14)15)13(4-6)5-7-1-2-9(12)16-7/h1-4H,5H2,(H,14,15). The number of rotatable bonds is 3. The van der Waals surface area contributed by atoms with Gasteiger partial charge in [-0.1, -0.05) is 11.6 Å². The number of thiophene rings is 1. The lowest BCUT2D eigenvalue weighted by molar-refractivity contribution is 0.0686.